The van der Waals surface area contributed by atoms with E-state index in [1.165, 1.54) is 7.11 Å². The molecule has 0 spiro atoms. The molecule has 0 amide bonds. The third-order valence-electron chi connectivity index (χ3n) is 5.80. The van der Waals surface area contributed by atoms with Crippen LogP contribution in [0.15, 0.2) is 66.7 Å². The summed E-state index contributed by atoms with van der Waals surface area (Å²) in [6.45, 7) is 2.01. The lowest BCUT2D eigenvalue weighted by atomic mass is 9.82. The van der Waals surface area contributed by atoms with Crippen molar-refractivity contribution in [3.05, 3.63) is 88.4 Å². The maximum atomic E-state index is 13.8. The first-order chi connectivity index (χ1) is 15.0. The highest BCUT2D eigenvalue weighted by Crippen LogP contribution is 2.47. The molecule has 1 aliphatic heterocycles. The number of aromatic amines is 1. The van der Waals surface area contributed by atoms with Crippen LogP contribution in [0.3, 0.4) is 0 Å². The van der Waals surface area contributed by atoms with Crippen molar-refractivity contribution in [2.45, 2.75) is 12.5 Å². The van der Waals surface area contributed by atoms with Crippen LogP contribution < -0.4 is 5.32 Å². The summed E-state index contributed by atoms with van der Waals surface area (Å²) in [4.78, 5) is 30.5. The van der Waals surface area contributed by atoms with Crippen molar-refractivity contribution in [3.63, 3.8) is 0 Å². The van der Waals surface area contributed by atoms with Crippen molar-refractivity contribution in [3.8, 4) is 11.3 Å². The van der Waals surface area contributed by atoms with Gasteiger partial charge < -0.3 is 15.0 Å². The molecule has 6 heteroatoms. The number of hydrogen-bond acceptors (Lipinski definition) is 4. The Balaban J connectivity index is 1.86. The largest absolute Gasteiger partial charge is 0.467 e. The number of carbonyl (C=O) groups excluding carboxylic acids is 2. The molecule has 2 N–H and O–H groups in total. The molecule has 5 nitrogen and oxygen atoms in total. The molecule has 0 radical (unpaired) electrons. The van der Waals surface area contributed by atoms with Gasteiger partial charge in [-0.2, -0.15) is 0 Å². The van der Waals surface area contributed by atoms with E-state index < -0.39 is 11.5 Å². The standard InChI is InChI=1S/C25H19ClN2O3/c1-14-7-9-15(10-8-14)22-21(17-5-3-4-6-19(17)27-22)25(24(30)31-2)23(29)18-12-11-16(26)13-20(18)28-25/h3-13,27-28H,1-2H3. The van der Waals surface area contributed by atoms with Crippen LogP contribution in [0.1, 0.15) is 21.5 Å². The minimum Gasteiger partial charge on any atom is -0.467 e. The number of ether oxygens (including phenoxy) is 1. The van der Waals surface area contributed by atoms with E-state index in [1.54, 1.807) is 18.2 Å². The Morgan fingerprint density at radius 3 is 2.52 bits per heavy atom. The number of anilines is 1. The average Bonchev–Trinajstić information content (AvgIpc) is 3.29. The molecular formula is C25H19ClN2O3. The Bertz CT molecular complexity index is 1360. The summed E-state index contributed by atoms with van der Waals surface area (Å²) < 4.78 is 5.18. The van der Waals surface area contributed by atoms with E-state index in [0.717, 1.165) is 22.0 Å². The Hall–Kier alpha value is -3.57. The van der Waals surface area contributed by atoms with Crippen LogP contribution in [0.25, 0.3) is 22.2 Å². The monoisotopic (exact) mass is 430 g/mol. The quantitative estimate of drug-likeness (QED) is 0.334. The molecule has 1 aliphatic rings. The number of para-hydroxylation sites is 1. The van der Waals surface area contributed by atoms with Gasteiger partial charge in [0.05, 0.1) is 12.8 Å². The predicted octanol–water partition coefficient (Wildman–Crippen LogP) is 5.47. The minimum absolute atomic E-state index is 0.371. The number of Topliss-reactive ketones (excluding diaryl/α,β-unsaturated/α-hetero) is 1. The van der Waals surface area contributed by atoms with Crippen molar-refractivity contribution in [2.75, 3.05) is 12.4 Å². The fourth-order valence-electron chi connectivity index (χ4n) is 4.32. The second-order valence-corrected chi connectivity index (χ2v) is 8.11. The lowest BCUT2D eigenvalue weighted by molar-refractivity contribution is -0.144. The molecule has 0 saturated carbocycles. The summed E-state index contributed by atoms with van der Waals surface area (Å²) >= 11 is 6.17. The normalized spacial score (nSPS) is 17.5. The molecule has 1 aromatic heterocycles. The molecule has 3 aromatic carbocycles. The van der Waals surface area contributed by atoms with Crippen LogP contribution in [0, 0.1) is 6.92 Å². The van der Waals surface area contributed by atoms with Gasteiger partial charge >= 0.3 is 5.97 Å². The maximum Gasteiger partial charge on any atom is 0.344 e. The predicted molar refractivity (Wildman–Crippen MR) is 122 cm³/mol. The third-order valence-corrected chi connectivity index (χ3v) is 6.04. The maximum absolute atomic E-state index is 13.8. The van der Waals surface area contributed by atoms with Gasteiger partial charge in [-0.05, 0) is 36.8 Å². The molecule has 2 heterocycles. The van der Waals surface area contributed by atoms with Crippen molar-refractivity contribution in [1.29, 1.82) is 0 Å². The lowest BCUT2D eigenvalue weighted by Crippen LogP contribution is -2.47. The smallest absolute Gasteiger partial charge is 0.344 e. The van der Waals surface area contributed by atoms with Crippen LogP contribution >= 0.6 is 11.6 Å². The topological polar surface area (TPSA) is 71.2 Å². The number of aromatic nitrogens is 1. The van der Waals surface area contributed by atoms with Crippen molar-refractivity contribution < 1.29 is 14.3 Å². The van der Waals surface area contributed by atoms with Crippen LogP contribution in [0.2, 0.25) is 5.02 Å². The Morgan fingerprint density at radius 2 is 1.77 bits per heavy atom. The zero-order valence-electron chi connectivity index (χ0n) is 17.0. The number of carbonyl (C=O) groups is 2. The summed E-state index contributed by atoms with van der Waals surface area (Å²) in [6, 6.07) is 20.5. The summed E-state index contributed by atoms with van der Waals surface area (Å²) in [5, 5.41) is 4.41. The van der Waals surface area contributed by atoms with Gasteiger partial charge in [-0.3, -0.25) is 4.79 Å². The molecular weight excluding hydrogens is 412 g/mol. The van der Waals surface area contributed by atoms with Gasteiger partial charge in [-0.15, -0.1) is 0 Å². The molecule has 1 unspecified atom stereocenters. The van der Waals surface area contributed by atoms with Crippen LogP contribution in [0.4, 0.5) is 5.69 Å². The molecule has 0 fully saturated rings. The van der Waals surface area contributed by atoms with E-state index in [2.05, 4.69) is 10.3 Å². The fraction of sp³-hybridized carbons (Fsp3) is 0.120. The number of nitrogens with one attached hydrogen (secondary N) is 2. The number of benzene rings is 3. The van der Waals surface area contributed by atoms with Crippen molar-refractivity contribution in [1.82, 2.24) is 4.98 Å². The molecule has 4 aromatic rings. The lowest BCUT2D eigenvalue weighted by Gasteiger charge is -2.27. The number of methoxy groups -OCH3 is 1. The summed E-state index contributed by atoms with van der Waals surface area (Å²) in [7, 11) is 1.29. The van der Waals surface area contributed by atoms with Gasteiger partial charge in [0.1, 0.15) is 0 Å². The summed E-state index contributed by atoms with van der Waals surface area (Å²) in [5.41, 5.74) is 3.19. The highest BCUT2D eigenvalue weighted by Gasteiger charge is 2.56. The van der Waals surface area contributed by atoms with Gasteiger partial charge in [-0.1, -0.05) is 59.6 Å². The Kier molecular flexibility index (Phi) is 4.38. The fourth-order valence-corrected chi connectivity index (χ4v) is 4.49. The number of hydrogen-bond donors (Lipinski definition) is 2. The van der Waals surface area contributed by atoms with Gasteiger partial charge in [0.15, 0.2) is 0 Å². The molecule has 1 atom stereocenters. The van der Waals surface area contributed by atoms with Gasteiger partial charge in [-0.25, -0.2) is 4.79 Å². The first kappa shape index (κ1) is 19.4. The molecule has 154 valence electrons. The SMILES string of the molecule is COC(=O)C1(c2c(-c3ccc(C)cc3)[nH]c3ccccc23)Nc2cc(Cl)ccc2C1=O. The van der Waals surface area contributed by atoms with Crippen LogP contribution in [-0.2, 0) is 15.1 Å². The number of aryl methyl sites for hydroxylation is 1. The first-order valence-corrected chi connectivity index (χ1v) is 10.2. The zero-order valence-corrected chi connectivity index (χ0v) is 17.7. The highest BCUT2D eigenvalue weighted by atomic mass is 35.5. The summed E-state index contributed by atoms with van der Waals surface area (Å²) in [5.74, 6) is -1.05. The molecule has 31 heavy (non-hydrogen) atoms. The number of halogens is 1. The summed E-state index contributed by atoms with van der Waals surface area (Å²) in [6.07, 6.45) is 0. The zero-order chi connectivity index (χ0) is 21.8. The van der Waals surface area contributed by atoms with E-state index in [9.17, 15) is 9.59 Å². The second-order valence-electron chi connectivity index (χ2n) is 7.67. The van der Waals surface area contributed by atoms with E-state index in [1.807, 2.05) is 55.5 Å². The minimum atomic E-state index is -1.73. The third kappa shape index (κ3) is 2.77. The highest BCUT2D eigenvalue weighted by molar-refractivity contribution is 6.32. The van der Waals surface area contributed by atoms with E-state index in [0.29, 0.717) is 27.5 Å². The number of fused-ring (bicyclic) bond motifs is 2. The van der Waals surface area contributed by atoms with E-state index in [-0.39, 0.29) is 5.78 Å². The van der Waals surface area contributed by atoms with Crippen molar-refractivity contribution in [2.24, 2.45) is 0 Å². The number of rotatable bonds is 3. The van der Waals surface area contributed by atoms with Gasteiger partial charge in [0.2, 0.25) is 11.3 Å². The Labute approximate surface area is 184 Å². The Morgan fingerprint density at radius 1 is 1.03 bits per heavy atom. The number of H-pyrrole nitrogens is 1. The van der Waals surface area contributed by atoms with Gasteiger partial charge in [0, 0.05) is 32.7 Å². The van der Waals surface area contributed by atoms with Crippen LogP contribution in [0.5, 0.6) is 0 Å². The molecule has 0 saturated heterocycles. The van der Waals surface area contributed by atoms with E-state index >= 15 is 0 Å². The number of esters is 1. The molecule has 0 aliphatic carbocycles. The average molecular weight is 431 g/mol. The molecule has 5 rings (SSSR count). The first-order valence-electron chi connectivity index (χ1n) is 9.85. The van der Waals surface area contributed by atoms with E-state index in [4.69, 9.17) is 16.3 Å². The number of ketones is 1. The van der Waals surface area contributed by atoms with Crippen LogP contribution in [-0.4, -0.2) is 23.8 Å². The molecule has 0 bridgehead atoms. The van der Waals surface area contributed by atoms with Crippen molar-refractivity contribution >= 4 is 39.9 Å². The second kappa shape index (κ2) is 7.00. The van der Waals surface area contributed by atoms with Gasteiger partial charge in [0.25, 0.3) is 0 Å².